The molecule has 1 amide bonds. The molecule has 1 atom stereocenters. The van der Waals surface area contributed by atoms with Gasteiger partial charge in [-0.2, -0.15) is 0 Å². The molecule has 1 aromatic rings. The Hall–Kier alpha value is -1.87. The quantitative estimate of drug-likeness (QED) is 0.817. The highest BCUT2D eigenvalue weighted by molar-refractivity contribution is 7.89. The molecule has 0 spiro atoms. The monoisotopic (exact) mass is 316 g/mol. The molecule has 1 saturated heterocycles. The van der Waals surface area contributed by atoms with Gasteiger partial charge < -0.3 is 14.4 Å². The summed E-state index contributed by atoms with van der Waals surface area (Å²) in [5.41, 5.74) is -1.000. The minimum absolute atomic E-state index is 0.0287. The molecule has 2 heterocycles. The van der Waals surface area contributed by atoms with E-state index in [0.29, 0.717) is 6.42 Å². The maximum absolute atomic E-state index is 12.3. The molecule has 0 aromatic carbocycles. The summed E-state index contributed by atoms with van der Waals surface area (Å²) in [5.74, 6) is -1.65. The van der Waals surface area contributed by atoms with Crippen LogP contribution in [0.1, 0.15) is 29.7 Å². The second kappa shape index (κ2) is 4.85. The molecule has 3 N–H and O–H groups in total. The summed E-state index contributed by atoms with van der Waals surface area (Å²) in [6, 6.07) is 1.07. The predicted molar refractivity (Wildman–Crippen MR) is 71.1 cm³/mol. The van der Waals surface area contributed by atoms with Crippen LogP contribution in [0.2, 0.25) is 0 Å². The number of aliphatic carboxylic acids is 1. The number of nitrogens with zero attached hydrogens (tertiary/aromatic N) is 1. The van der Waals surface area contributed by atoms with Gasteiger partial charge >= 0.3 is 5.97 Å². The minimum atomic E-state index is -3.96. The number of carbonyl (C=O) groups excluding carboxylic acids is 1. The van der Waals surface area contributed by atoms with Gasteiger partial charge in [0.25, 0.3) is 5.91 Å². The summed E-state index contributed by atoms with van der Waals surface area (Å²) in [7, 11) is -3.96. The molecule has 21 heavy (non-hydrogen) atoms. The predicted octanol–water partition coefficient (Wildman–Crippen LogP) is 0.172. The van der Waals surface area contributed by atoms with E-state index in [-0.39, 0.29) is 29.5 Å². The van der Waals surface area contributed by atoms with Crippen molar-refractivity contribution in [2.24, 2.45) is 10.6 Å². The zero-order chi connectivity index (χ0) is 16.0. The van der Waals surface area contributed by atoms with Crippen molar-refractivity contribution in [1.29, 1.82) is 0 Å². The lowest BCUT2D eigenvalue weighted by molar-refractivity contribution is -0.147. The number of primary sulfonamides is 1. The number of furan rings is 1. The molecule has 0 radical (unpaired) electrons. The maximum Gasteiger partial charge on any atom is 0.311 e. The first-order valence-electron chi connectivity index (χ1n) is 6.20. The van der Waals surface area contributed by atoms with Crippen LogP contribution in [0.4, 0.5) is 0 Å². The largest absolute Gasteiger partial charge is 0.481 e. The topological polar surface area (TPSA) is 131 Å². The molecular weight excluding hydrogens is 300 g/mol. The second-order valence-corrected chi connectivity index (χ2v) is 6.95. The van der Waals surface area contributed by atoms with Gasteiger partial charge in [-0.1, -0.05) is 0 Å². The molecule has 2 rings (SSSR count). The Morgan fingerprint density at radius 1 is 1.48 bits per heavy atom. The molecular formula is C12H16N2O6S. The standard InChI is InChI=1S/C12H16N2O6S/c1-7-9(21(13,18)19)5-8(20-7)10(15)14-4-3-12(2,6-14)11(16)17/h5H,3-4,6H2,1-2H3,(H,16,17)(H2,13,18,19). The first-order valence-corrected chi connectivity index (χ1v) is 7.75. The number of aryl methyl sites for hydroxylation is 1. The normalized spacial score (nSPS) is 22.5. The van der Waals surface area contributed by atoms with Crippen LogP contribution in [0.15, 0.2) is 15.4 Å². The van der Waals surface area contributed by atoms with Gasteiger partial charge in [0.05, 0.1) is 5.41 Å². The van der Waals surface area contributed by atoms with E-state index in [9.17, 15) is 18.0 Å². The molecule has 0 saturated carbocycles. The SMILES string of the molecule is Cc1oc(C(=O)N2CCC(C)(C(=O)O)C2)cc1S(N)(=O)=O. The van der Waals surface area contributed by atoms with E-state index in [1.54, 1.807) is 6.92 Å². The third-order valence-corrected chi connectivity index (χ3v) is 4.68. The van der Waals surface area contributed by atoms with Crippen LogP contribution in [0, 0.1) is 12.3 Å². The zero-order valence-corrected chi connectivity index (χ0v) is 12.4. The fourth-order valence-corrected chi connectivity index (χ4v) is 3.03. The molecule has 1 fully saturated rings. The molecule has 8 nitrogen and oxygen atoms in total. The third kappa shape index (κ3) is 2.79. The van der Waals surface area contributed by atoms with Crippen molar-refractivity contribution in [3.63, 3.8) is 0 Å². The third-order valence-electron chi connectivity index (χ3n) is 3.67. The van der Waals surface area contributed by atoms with Crippen molar-refractivity contribution in [2.75, 3.05) is 13.1 Å². The highest BCUT2D eigenvalue weighted by Crippen LogP contribution is 2.31. The van der Waals surface area contributed by atoms with Crippen LogP contribution in [-0.4, -0.2) is 43.4 Å². The summed E-state index contributed by atoms with van der Waals surface area (Å²) in [6.45, 7) is 3.27. The van der Waals surface area contributed by atoms with Crippen molar-refractivity contribution in [3.05, 3.63) is 17.6 Å². The average Bonchev–Trinajstić information content (AvgIpc) is 2.92. The molecule has 116 valence electrons. The van der Waals surface area contributed by atoms with Crippen molar-refractivity contribution < 1.29 is 27.5 Å². The Balaban J connectivity index is 2.25. The number of likely N-dealkylation sites (tertiary alicyclic amines) is 1. The first kappa shape index (κ1) is 15.5. The van der Waals surface area contributed by atoms with Gasteiger partial charge in [-0.05, 0) is 20.3 Å². The number of nitrogens with two attached hydrogens (primary N) is 1. The smallest absolute Gasteiger partial charge is 0.311 e. The van der Waals surface area contributed by atoms with Crippen molar-refractivity contribution >= 4 is 21.9 Å². The van der Waals surface area contributed by atoms with Gasteiger partial charge in [0.15, 0.2) is 5.76 Å². The molecule has 1 aliphatic heterocycles. The number of hydrogen-bond donors (Lipinski definition) is 2. The number of amides is 1. The summed E-state index contributed by atoms with van der Waals surface area (Å²) >= 11 is 0. The van der Waals surface area contributed by atoms with Gasteiger partial charge in [-0.15, -0.1) is 0 Å². The number of sulfonamides is 1. The summed E-state index contributed by atoms with van der Waals surface area (Å²) in [6.07, 6.45) is 0.329. The average molecular weight is 316 g/mol. The van der Waals surface area contributed by atoms with E-state index < -0.39 is 27.3 Å². The van der Waals surface area contributed by atoms with Gasteiger partial charge in [0.2, 0.25) is 10.0 Å². The molecule has 1 unspecified atom stereocenters. The summed E-state index contributed by atoms with van der Waals surface area (Å²) in [4.78, 5) is 24.5. The molecule has 0 aliphatic carbocycles. The summed E-state index contributed by atoms with van der Waals surface area (Å²) < 4.78 is 27.8. The van der Waals surface area contributed by atoms with E-state index in [0.717, 1.165) is 6.07 Å². The van der Waals surface area contributed by atoms with Crippen molar-refractivity contribution in [1.82, 2.24) is 4.90 Å². The lowest BCUT2D eigenvalue weighted by Crippen LogP contribution is -2.34. The van der Waals surface area contributed by atoms with Crippen LogP contribution in [0.3, 0.4) is 0 Å². The first-order chi connectivity index (χ1) is 9.54. The van der Waals surface area contributed by atoms with E-state index in [1.807, 2.05) is 0 Å². The highest BCUT2D eigenvalue weighted by atomic mass is 32.2. The maximum atomic E-state index is 12.3. The number of carboxylic acids is 1. The number of carboxylic acid groups (broad SMARTS) is 1. The number of carbonyl (C=O) groups is 2. The Morgan fingerprint density at radius 3 is 2.52 bits per heavy atom. The van der Waals surface area contributed by atoms with Crippen LogP contribution in [0.5, 0.6) is 0 Å². The van der Waals surface area contributed by atoms with E-state index in [2.05, 4.69) is 0 Å². The van der Waals surface area contributed by atoms with E-state index >= 15 is 0 Å². The zero-order valence-electron chi connectivity index (χ0n) is 11.6. The van der Waals surface area contributed by atoms with Gasteiger partial charge in [0, 0.05) is 19.2 Å². The number of rotatable bonds is 3. The fourth-order valence-electron chi connectivity index (χ4n) is 2.32. The van der Waals surface area contributed by atoms with Crippen LogP contribution < -0.4 is 5.14 Å². The van der Waals surface area contributed by atoms with Crippen molar-refractivity contribution in [2.45, 2.75) is 25.2 Å². The fraction of sp³-hybridized carbons (Fsp3) is 0.500. The Morgan fingerprint density at radius 2 is 2.10 bits per heavy atom. The Kier molecular flexibility index (Phi) is 3.58. The van der Waals surface area contributed by atoms with Gasteiger partial charge in [0.1, 0.15) is 10.7 Å². The van der Waals surface area contributed by atoms with Gasteiger partial charge in [-0.3, -0.25) is 9.59 Å². The number of hydrogen-bond acceptors (Lipinski definition) is 5. The van der Waals surface area contributed by atoms with Crippen LogP contribution in [-0.2, 0) is 14.8 Å². The second-order valence-electron chi connectivity index (χ2n) is 5.42. The van der Waals surface area contributed by atoms with Crippen molar-refractivity contribution in [3.8, 4) is 0 Å². The highest BCUT2D eigenvalue weighted by Gasteiger charge is 2.43. The van der Waals surface area contributed by atoms with Crippen LogP contribution in [0.25, 0.3) is 0 Å². The van der Waals surface area contributed by atoms with Crippen LogP contribution >= 0.6 is 0 Å². The van der Waals surface area contributed by atoms with E-state index in [1.165, 1.54) is 11.8 Å². The molecule has 0 bridgehead atoms. The lowest BCUT2D eigenvalue weighted by Gasteiger charge is -2.19. The lowest BCUT2D eigenvalue weighted by atomic mass is 9.90. The Bertz CT molecular complexity index is 707. The van der Waals surface area contributed by atoms with E-state index in [4.69, 9.17) is 14.7 Å². The minimum Gasteiger partial charge on any atom is -0.481 e. The summed E-state index contributed by atoms with van der Waals surface area (Å²) in [5, 5.41) is 14.2. The molecule has 1 aromatic heterocycles. The molecule has 9 heteroatoms. The Labute approximate surface area is 121 Å². The molecule has 1 aliphatic rings. The van der Waals surface area contributed by atoms with Gasteiger partial charge in [-0.25, -0.2) is 13.6 Å².